The monoisotopic (exact) mass is 328 g/mol. The number of hydrogen-bond donors (Lipinski definition) is 1. The van der Waals surface area contributed by atoms with Gasteiger partial charge in [-0.1, -0.05) is 0 Å². The summed E-state index contributed by atoms with van der Waals surface area (Å²) in [6.45, 7) is 4.25. The summed E-state index contributed by atoms with van der Waals surface area (Å²) in [6.07, 6.45) is 0.0722. The highest BCUT2D eigenvalue weighted by Gasteiger charge is 2.20. The van der Waals surface area contributed by atoms with Gasteiger partial charge in [0.05, 0.1) is 18.4 Å². The smallest absolute Gasteiger partial charge is 0.163 e. The Morgan fingerprint density at radius 2 is 1.75 bits per heavy atom. The molecule has 0 aliphatic heterocycles. The molecule has 0 saturated heterocycles. The first-order chi connectivity index (χ1) is 11.3. The fraction of sp³-hybridized carbons (Fsp3) is 0.263. The van der Waals surface area contributed by atoms with Gasteiger partial charge in [-0.2, -0.15) is 0 Å². The molecule has 0 atom stereocenters. The average Bonchev–Trinajstić information content (AvgIpc) is 2.96. The lowest BCUT2D eigenvalue weighted by molar-refractivity contribution is -0.113. The number of carbonyl (C=O) groups is 2. The summed E-state index contributed by atoms with van der Waals surface area (Å²) in [5.74, 6) is 1.12. The first kappa shape index (κ1) is 17.5. The van der Waals surface area contributed by atoms with Crippen molar-refractivity contribution in [2.24, 2.45) is 0 Å². The van der Waals surface area contributed by atoms with E-state index in [2.05, 4.69) is 0 Å². The van der Waals surface area contributed by atoms with Crippen molar-refractivity contribution in [3.8, 4) is 17.1 Å². The third-order valence-corrected chi connectivity index (χ3v) is 3.76. The lowest BCUT2D eigenvalue weighted by Gasteiger charge is -2.04. The molecule has 0 unspecified atom stereocenters. The molecular formula is C19H20O5. The highest BCUT2D eigenvalue weighted by molar-refractivity contribution is 5.98. The fourth-order valence-corrected chi connectivity index (χ4v) is 2.42. The summed E-state index contributed by atoms with van der Waals surface area (Å²) in [5, 5.41) is 9.67. The maximum atomic E-state index is 11.9. The Balaban J connectivity index is 2.45. The second-order valence-corrected chi connectivity index (χ2v) is 5.53. The SMILES string of the molecule is COc1ccc(-c2cc(C(C)=O)c(C/C(C(C)=O)=C(/C)O)o2)cc1. The zero-order valence-electron chi connectivity index (χ0n) is 14.2. The van der Waals surface area contributed by atoms with Gasteiger partial charge in [0, 0.05) is 17.6 Å². The minimum Gasteiger partial charge on any atom is -0.512 e. The predicted octanol–water partition coefficient (Wildman–Crippen LogP) is 4.12. The van der Waals surface area contributed by atoms with E-state index < -0.39 is 0 Å². The quantitative estimate of drug-likeness (QED) is 0.490. The number of allylic oxidation sites excluding steroid dienone is 2. The van der Waals surface area contributed by atoms with Crippen molar-refractivity contribution < 1.29 is 23.8 Å². The van der Waals surface area contributed by atoms with Gasteiger partial charge >= 0.3 is 0 Å². The molecule has 1 N–H and O–H groups in total. The van der Waals surface area contributed by atoms with Gasteiger partial charge in [0.1, 0.15) is 17.3 Å². The minimum absolute atomic E-state index is 0.0700. The standard InChI is InChI=1S/C19H20O5/c1-11(20)16(12(2)21)9-19-17(13(3)22)10-18(24-19)14-5-7-15(23-4)8-6-14/h5-8,10,20H,9H2,1-4H3/b16-11+. The minimum atomic E-state index is -0.258. The van der Waals surface area contributed by atoms with Gasteiger partial charge in [-0.15, -0.1) is 0 Å². The van der Waals surface area contributed by atoms with Crippen LogP contribution >= 0.6 is 0 Å². The molecule has 126 valence electrons. The predicted molar refractivity (Wildman–Crippen MR) is 90.4 cm³/mol. The number of benzene rings is 1. The number of carbonyl (C=O) groups excluding carboxylic acids is 2. The van der Waals surface area contributed by atoms with Crippen molar-refractivity contribution >= 4 is 11.6 Å². The fourth-order valence-electron chi connectivity index (χ4n) is 2.42. The highest BCUT2D eigenvalue weighted by Crippen LogP contribution is 2.29. The van der Waals surface area contributed by atoms with E-state index in [1.807, 2.05) is 12.1 Å². The van der Waals surface area contributed by atoms with Gasteiger partial charge in [0.2, 0.25) is 0 Å². The van der Waals surface area contributed by atoms with E-state index >= 15 is 0 Å². The zero-order chi connectivity index (χ0) is 17.9. The van der Waals surface area contributed by atoms with E-state index in [1.54, 1.807) is 25.3 Å². The number of hydrogen-bond acceptors (Lipinski definition) is 5. The van der Waals surface area contributed by atoms with Crippen LogP contribution < -0.4 is 4.74 Å². The highest BCUT2D eigenvalue weighted by atomic mass is 16.5. The molecule has 1 aromatic heterocycles. The van der Waals surface area contributed by atoms with Crippen molar-refractivity contribution in [2.45, 2.75) is 27.2 Å². The van der Waals surface area contributed by atoms with Crippen molar-refractivity contribution in [3.63, 3.8) is 0 Å². The number of aliphatic hydroxyl groups excluding tert-OH is 1. The number of rotatable bonds is 6. The summed E-state index contributed by atoms with van der Waals surface area (Å²) >= 11 is 0. The van der Waals surface area contributed by atoms with Crippen LogP contribution in [0.4, 0.5) is 0 Å². The summed E-state index contributed by atoms with van der Waals surface area (Å²) in [4.78, 5) is 23.5. The number of ketones is 2. The van der Waals surface area contributed by atoms with E-state index in [1.165, 1.54) is 20.8 Å². The maximum Gasteiger partial charge on any atom is 0.163 e. The molecule has 0 spiro atoms. The molecule has 2 rings (SSSR count). The summed E-state index contributed by atoms with van der Waals surface area (Å²) in [7, 11) is 1.58. The molecule has 0 amide bonds. The largest absolute Gasteiger partial charge is 0.512 e. The average molecular weight is 328 g/mol. The van der Waals surface area contributed by atoms with Crippen LogP contribution in [0.2, 0.25) is 0 Å². The van der Waals surface area contributed by atoms with Gasteiger partial charge in [-0.3, -0.25) is 9.59 Å². The Hall–Kier alpha value is -2.82. The third kappa shape index (κ3) is 3.74. The van der Waals surface area contributed by atoms with Crippen LogP contribution in [0.15, 0.2) is 46.1 Å². The Bertz CT molecular complexity index is 790. The van der Waals surface area contributed by atoms with Crippen LogP contribution in [0.3, 0.4) is 0 Å². The topological polar surface area (TPSA) is 76.7 Å². The molecule has 0 bridgehead atoms. The van der Waals surface area contributed by atoms with E-state index in [-0.39, 0.29) is 29.3 Å². The van der Waals surface area contributed by atoms with E-state index in [0.29, 0.717) is 17.1 Å². The van der Waals surface area contributed by atoms with Crippen LogP contribution in [0.5, 0.6) is 5.75 Å². The lowest BCUT2D eigenvalue weighted by atomic mass is 10.0. The second kappa shape index (κ2) is 7.17. The number of furan rings is 1. The van der Waals surface area contributed by atoms with Crippen LogP contribution in [-0.2, 0) is 11.2 Å². The van der Waals surface area contributed by atoms with E-state index in [4.69, 9.17) is 9.15 Å². The molecule has 1 aromatic carbocycles. The Morgan fingerprint density at radius 3 is 2.21 bits per heavy atom. The summed E-state index contributed by atoms with van der Waals surface area (Å²) in [6, 6.07) is 8.90. The summed E-state index contributed by atoms with van der Waals surface area (Å²) in [5.41, 5.74) is 1.42. The first-order valence-corrected chi connectivity index (χ1v) is 7.51. The normalized spacial score (nSPS) is 11.8. The Labute approximate surface area is 140 Å². The van der Waals surface area contributed by atoms with Gasteiger partial charge in [0.15, 0.2) is 11.6 Å². The third-order valence-electron chi connectivity index (χ3n) is 3.76. The first-order valence-electron chi connectivity index (χ1n) is 7.51. The van der Waals surface area contributed by atoms with E-state index in [0.717, 1.165) is 11.3 Å². The van der Waals surface area contributed by atoms with Gasteiger partial charge in [-0.05, 0) is 51.1 Å². The molecule has 2 aromatic rings. The van der Waals surface area contributed by atoms with Crippen molar-refractivity contribution in [2.75, 3.05) is 7.11 Å². The van der Waals surface area contributed by atoms with Crippen molar-refractivity contribution in [1.29, 1.82) is 0 Å². The van der Waals surface area contributed by atoms with Crippen molar-refractivity contribution in [3.05, 3.63) is 53.0 Å². The molecular weight excluding hydrogens is 308 g/mol. The van der Waals surface area contributed by atoms with Crippen molar-refractivity contribution in [1.82, 2.24) is 0 Å². The van der Waals surface area contributed by atoms with Crippen LogP contribution in [0.1, 0.15) is 36.9 Å². The maximum absolute atomic E-state index is 11.9. The number of aliphatic hydroxyl groups is 1. The molecule has 24 heavy (non-hydrogen) atoms. The summed E-state index contributed by atoms with van der Waals surface area (Å²) < 4.78 is 10.9. The van der Waals surface area contributed by atoms with Gasteiger partial charge in [0.25, 0.3) is 0 Å². The van der Waals surface area contributed by atoms with E-state index in [9.17, 15) is 14.7 Å². The molecule has 0 radical (unpaired) electrons. The Morgan fingerprint density at radius 1 is 1.12 bits per heavy atom. The molecule has 5 heteroatoms. The van der Waals surface area contributed by atoms with Crippen LogP contribution in [0.25, 0.3) is 11.3 Å². The van der Waals surface area contributed by atoms with Crippen LogP contribution in [-0.4, -0.2) is 23.8 Å². The molecule has 0 aliphatic carbocycles. The van der Waals surface area contributed by atoms with Gasteiger partial charge < -0.3 is 14.3 Å². The Kier molecular flexibility index (Phi) is 5.24. The molecule has 0 saturated carbocycles. The van der Waals surface area contributed by atoms with Gasteiger partial charge in [-0.25, -0.2) is 0 Å². The number of methoxy groups -OCH3 is 1. The second-order valence-electron chi connectivity index (χ2n) is 5.53. The number of ether oxygens (including phenoxy) is 1. The molecule has 5 nitrogen and oxygen atoms in total. The molecule has 0 aliphatic rings. The molecule has 0 fully saturated rings. The lowest BCUT2D eigenvalue weighted by Crippen LogP contribution is -2.06. The number of Topliss-reactive ketones (excluding diaryl/α,β-unsaturated/α-hetero) is 2. The zero-order valence-corrected chi connectivity index (χ0v) is 14.2. The molecule has 1 heterocycles. The van der Waals surface area contributed by atoms with Crippen LogP contribution in [0, 0.1) is 0 Å².